The Morgan fingerprint density at radius 1 is 1.33 bits per heavy atom. The van der Waals surface area contributed by atoms with Gasteiger partial charge in [-0.05, 0) is 19.9 Å². The molecule has 1 aromatic carbocycles. The van der Waals surface area contributed by atoms with Gasteiger partial charge in [-0.3, -0.25) is 0 Å². The van der Waals surface area contributed by atoms with Gasteiger partial charge in [0.1, 0.15) is 5.58 Å². The molecule has 0 fully saturated rings. The third kappa shape index (κ3) is 1.51. The summed E-state index contributed by atoms with van der Waals surface area (Å²) in [4.78, 5) is 11.7. The minimum Gasteiger partial charge on any atom is -0.460 e. The van der Waals surface area contributed by atoms with Crippen LogP contribution in [0, 0.1) is 6.92 Å². The third-order valence-corrected chi connectivity index (χ3v) is 2.89. The lowest BCUT2D eigenvalue weighted by atomic mass is 10.1. The van der Waals surface area contributed by atoms with E-state index in [9.17, 15) is 4.79 Å². The lowest BCUT2D eigenvalue weighted by Gasteiger charge is -1.98. The van der Waals surface area contributed by atoms with E-state index in [0.29, 0.717) is 23.7 Å². The summed E-state index contributed by atoms with van der Waals surface area (Å²) in [6.45, 7) is 4.11. The lowest BCUT2D eigenvalue weighted by molar-refractivity contribution is 0.0491. The van der Waals surface area contributed by atoms with Crippen LogP contribution in [-0.2, 0) is 4.74 Å². The van der Waals surface area contributed by atoms with E-state index in [4.69, 9.17) is 18.6 Å². The van der Waals surface area contributed by atoms with Crippen molar-refractivity contribution >= 4 is 16.9 Å². The molecule has 0 spiro atoms. The smallest absolute Gasteiger partial charge is 0.374 e. The van der Waals surface area contributed by atoms with Crippen molar-refractivity contribution in [2.45, 2.75) is 13.8 Å². The van der Waals surface area contributed by atoms with Crippen LogP contribution in [0.25, 0.3) is 11.0 Å². The molecular formula is C13H12O5. The van der Waals surface area contributed by atoms with Crippen LogP contribution >= 0.6 is 0 Å². The highest BCUT2D eigenvalue weighted by atomic mass is 16.7. The molecular weight excluding hydrogens is 236 g/mol. The minimum absolute atomic E-state index is 0.214. The largest absolute Gasteiger partial charge is 0.460 e. The monoisotopic (exact) mass is 248 g/mol. The number of hydrogen-bond donors (Lipinski definition) is 0. The van der Waals surface area contributed by atoms with E-state index in [2.05, 4.69) is 0 Å². The molecule has 0 atom stereocenters. The van der Waals surface area contributed by atoms with Gasteiger partial charge in [-0.2, -0.15) is 0 Å². The number of rotatable bonds is 2. The lowest BCUT2D eigenvalue weighted by Crippen LogP contribution is -2.04. The normalized spacial score (nSPS) is 13.0. The van der Waals surface area contributed by atoms with Gasteiger partial charge < -0.3 is 18.6 Å². The summed E-state index contributed by atoms with van der Waals surface area (Å²) in [5, 5.41) is 0.835. The van der Waals surface area contributed by atoms with Crippen LogP contribution < -0.4 is 9.47 Å². The first-order chi connectivity index (χ1) is 8.70. The van der Waals surface area contributed by atoms with Crippen LogP contribution in [0.1, 0.15) is 23.0 Å². The quantitative estimate of drug-likeness (QED) is 0.764. The molecule has 2 heterocycles. The molecule has 0 saturated carbocycles. The molecule has 3 rings (SSSR count). The third-order valence-electron chi connectivity index (χ3n) is 2.89. The summed E-state index contributed by atoms with van der Waals surface area (Å²) in [6, 6.07) is 3.55. The van der Waals surface area contributed by atoms with Gasteiger partial charge in [0.25, 0.3) is 0 Å². The summed E-state index contributed by atoms with van der Waals surface area (Å²) >= 11 is 0. The van der Waals surface area contributed by atoms with Crippen molar-refractivity contribution in [1.29, 1.82) is 0 Å². The molecule has 5 nitrogen and oxygen atoms in total. The summed E-state index contributed by atoms with van der Waals surface area (Å²) in [5.74, 6) is 1.08. The first-order valence-electron chi connectivity index (χ1n) is 5.70. The van der Waals surface area contributed by atoms with Crippen molar-refractivity contribution < 1.29 is 23.4 Å². The number of fused-ring (bicyclic) bond motifs is 2. The van der Waals surface area contributed by atoms with Crippen LogP contribution in [0.2, 0.25) is 0 Å². The Hall–Kier alpha value is -2.17. The number of benzene rings is 1. The van der Waals surface area contributed by atoms with Crippen LogP contribution in [0.15, 0.2) is 16.5 Å². The molecule has 0 saturated heterocycles. The van der Waals surface area contributed by atoms with Gasteiger partial charge in [-0.15, -0.1) is 0 Å². The van der Waals surface area contributed by atoms with Crippen molar-refractivity contribution in [2.75, 3.05) is 13.4 Å². The molecule has 0 unspecified atom stereocenters. The van der Waals surface area contributed by atoms with Gasteiger partial charge in [0.15, 0.2) is 11.5 Å². The second kappa shape index (κ2) is 3.94. The van der Waals surface area contributed by atoms with E-state index in [1.807, 2.05) is 13.0 Å². The number of carbonyl (C=O) groups is 1. The highest BCUT2D eigenvalue weighted by Gasteiger charge is 2.22. The number of hydrogen-bond acceptors (Lipinski definition) is 5. The van der Waals surface area contributed by atoms with Crippen molar-refractivity contribution in [3.8, 4) is 11.5 Å². The molecule has 0 N–H and O–H groups in total. The predicted octanol–water partition coefficient (Wildman–Crippen LogP) is 2.65. The maximum absolute atomic E-state index is 11.7. The van der Waals surface area contributed by atoms with E-state index >= 15 is 0 Å². The Morgan fingerprint density at radius 2 is 2.06 bits per heavy atom. The zero-order valence-electron chi connectivity index (χ0n) is 10.1. The molecule has 1 aromatic heterocycles. The molecule has 1 aliphatic heterocycles. The number of carbonyl (C=O) groups excluding carboxylic acids is 1. The summed E-state index contributed by atoms with van der Waals surface area (Å²) in [7, 11) is 0. The fraction of sp³-hybridized carbons (Fsp3) is 0.308. The Kier molecular flexibility index (Phi) is 2.40. The molecule has 0 radical (unpaired) electrons. The van der Waals surface area contributed by atoms with Crippen molar-refractivity contribution in [3.05, 3.63) is 23.5 Å². The zero-order valence-corrected chi connectivity index (χ0v) is 10.1. The van der Waals surface area contributed by atoms with Gasteiger partial charge in [0.2, 0.25) is 12.6 Å². The first kappa shape index (κ1) is 11.0. The molecule has 94 valence electrons. The SMILES string of the molecule is CCOC(=O)c1oc2cc3c(cc2c1C)OCO3. The second-order valence-electron chi connectivity index (χ2n) is 3.98. The maximum Gasteiger partial charge on any atom is 0.374 e. The molecule has 18 heavy (non-hydrogen) atoms. The molecule has 5 heteroatoms. The maximum atomic E-state index is 11.7. The average molecular weight is 248 g/mol. The minimum atomic E-state index is -0.451. The van der Waals surface area contributed by atoms with E-state index in [0.717, 1.165) is 10.9 Å². The number of furan rings is 1. The fourth-order valence-electron chi connectivity index (χ4n) is 2.00. The molecule has 0 aliphatic carbocycles. The van der Waals surface area contributed by atoms with E-state index in [-0.39, 0.29) is 12.6 Å². The Labute approximate surface area is 103 Å². The van der Waals surface area contributed by atoms with E-state index in [1.54, 1.807) is 13.0 Å². The predicted molar refractivity (Wildman–Crippen MR) is 63.0 cm³/mol. The fourth-order valence-corrected chi connectivity index (χ4v) is 2.00. The second-order valence-corrected chi connectivity index (χ2v) is 3.98. The standard InChI is InChI=1S/C13H12O5/c1-3-15-13(14)12-7(2)8-4-10-11(17-6-16-10)5-9(8)18-12/h4-5H,3,6H2,1-2H3. The summed E-state index contributed by atoms with van der Waals surface area (Å²) in [6.07, 6.45) is 0. The van der Waals surface area contributed by atoms with Crippen molar-refractivity contribution in [2.24, 2.45) is 0 Å². The van der Waals surface area contributed by atoms with Crippen LogP contribution in [0.4, 0.5) is 0 Å². The van der Waals surface area contributed by atoms with Crippen molar-refractivity contribution in [3.63, 3.8) is 0 Å². The van der Waals surface area contributed by atoms with Crippen LogP contribution in [0.5, 0.6) is 11.5 Å². The van der Waals surface area contributed by atoms with Gasteiger partial charge in [-0.25, -0.2) is 4.79 Å². The van der Waals surface area contributed by atoms with Gasteiger partial charge in [0, 0.05) is 17.0 Å². The van der Waals surface area contributed by atoms with E-state index in [1.165, 1.54) is 0 Å². The Bertz CT molecular complexity index is 626. The zero-order chi connectivity index (χ0) is 12.7. The van der Waals surface area contributed by atoms with E-state index < -0.39 is 5.97 Å². The van der Waals surface area contributed by atoms with Gasteiger partial charge in [0.05, 0.1) is 6.61 Å². The highest BCUT2D eigenvalue weighted by Crippen LogP contribution is 2.38. The molecule has 0 amide bonds. The molecule has 2 aromatic rings. The first-order valence-corrected chi connectivity index (χ1v) is 5.70. The van der Waals surface area contributed by atoms with Gasteiger partial charge >= 0.3 is 5.97 Å². The number of esters is 1. The summed E-state index contributed by atoms with van der Waals surface area (Å²) in [5.41, 5.74) is 1.35. The average Bonchev–Trinajstić information content (AvgIpc) is 2.92. The summed E-state index contributed by atoms with van der Waals surface area (Å²) < 4.78 is 21.0. The molecule has 1 aliphatic rings. The van der Waals surface area contributed by atoms with Crippen LogP contribution in [0.3, 0.4) is 0 Å². The van der Waals surface area contributed by atoms with Crippen molar-refractivity contribution in [1.82, 2.24) is 0 Å². The number of aryl methyl sites for hydroxylation is 1. The van der Waals surface area contributed by atoms with Gasteiger partial charge in [-0.1, -0.05) is 0 Å². The molecule has 0 bridgehead atoms. The van der Waals surface area contributed by atoms with Crippen LogP contribution in [-0.4, -0.2) is 19.4 Å². The number of ether oxygens (including phenoxy) is 3. The Balaban J connectivity index is 2.14. The topological polar surface area (TPSA) is 57.9 Å². The Morgan fingerprint density at radius 3 is 2.78 bits per heavy atom. The highest BCUT2D eigenvalue weighted by molar-refractivity contribution is 5.97.